The Labute approximate surface area is 117 Å². The van der Waals surface area contributed by atoms with Crippen molar-refractivity contribution in [3.05, 3.63) is 35.9 Å². The van der Waals surface area contributed by atoms with Gasteiger partial charge in [-0.05, 0) is 38.5 Å². The van der Waals surface area contributed by atoms with Crippen LogP contribution in [-0.4, -0.2) is 31.6 Å². The van der Waals surface area contributed by atoms with E-state index in [2.05, 4.69) is 37.2 Å². The highest BCUT2D eigenvalue weighted by Gasteiger charge is 2.31. The van der Waals surface area contributed by atoms with Gasteiger partial charge in [-0.1, -0.05) is 44.2 Å². The average molecular weight is 259 g/mol. The van der Waals surface area contributed by atoms with E-state index >= 15 is 0 Å². The number of nitriles is 1. The van der Waals surface area contributed by atoms with Gasteiger partial charge in [-0.3, -0.25) is 5.32 Å². The molecule has 1 atom stereocenters. The molecule has 3 nitrogen and oxygen atoms in total. The fourth-order valence-electron chi connectivity index (χ4n) is 2.07. The van der Waals surface area contributed by atoms with E-state index in [1.54, 1.807) is 0 Å². The molecule has 0 radical (unpaired) electrons. The third-order valence-electron chi connectivity index (χ3n) is 3.54. The fraction of sp³-hybridized carbons (Fsp3) is 0.562. The zero-order chi connectivity index (χ0) is 14.1. The molecule has 19 heavy (non-hydrogen) atoms. The molecule has 0 amide bonds. The average Bonchev–Trinajstić information content (AvgIpc) is 2.48. The van der Waals surface area contributed by atoms with Gasteiger partial charge in [0.1, 0.15) is 5.54 Å². The highest BCUT2D eigenvalue weighted by molar-refractivity contribution is 5.31. The van der Waals surface area contributed by atoms with Crippen LogP contribution < -0.4 is 5.32 Å². The molecular formula is C16H25N3. The summed E-state index contributed by atoms with van der Waals surface area (Å²) in [5.41, 5.74) is 0.496. The summed E-state index contributed by atoms with van der Waals surface area (Å²) in [6, 6.07) is 12.6. The maximum absolute atomic E-state index is 9.71. The van der Waals surface area contributed by atoms with Crippen molar-refractivity contribution < 1.29 is 0 Å². The first kappa shape index (κ1) is 15.7. The first-order chi connectivity index (χ1) is 9.18. The summed E-state index contributed by atoms with van der Waals surface area (Å²) in [4.78, 5) is 2.24. The van der Waals surface area contributed by atoms with E-state index in [-0.39, 0.29) is 0 Å². The van der Waals surface area contributed by atoms with Crippen molar-refractivity contribution in [3.63, 3.8) is 0 Å². The molecule has 0 aliphatic heterocycles. The number of nitrogens with one attached hydrogen (secondary N) is 1. The van der Waals surface area contributed by atoms with E-state index in [9.17, 15) is 5.26 Å². The van der Waals surface area contributed by atoms with Gasteiger partial charge in [0.25, 0.3) is 0 Å². The van der Waals surface area contributed by atoms with E-state index in [4.69, 9.17) is 0 Å². The Bertz CT molecular complexity index is 396. The summed E-state index contributed by atoms with van der Waals surface area (Å²) >= 11 is 0. The lowest BCUT2D eigenvalue weighted by molar-refractivity contribution is 0.290. The Kier molecular flexibility index (Phi) is 6.55. The van der Waals surface area contributed by atoms with Crippen LogP contribution in [0.25, 0.3) is 0 Å². The third kappa shape index (κ3) is 4.34. The fourth-order valence-corrected chi connectivity index (χ4v) is 2.07. The molecule has 0 spiro atoms. The van der Waals surface area contributed by atoms with Gasteiger partial charge in [-0.25, -0.2) is 0 Å². The van der Waals surface area contributed by atoms with Crippen molar-refractivity contribution in [2.24, 2.45) is 0 Å². The predicted octanol–water partition coefficient (Wildman–Crippen LogP) is 2.75. The van der Waals surface area contributed by atoms with E-state index in [0.29, 0.717) is 0 Å². The van der Waals surface area contributed by atoms with Crippen LogP contribution in [-0.2, 0) is 5.54 Å². The summed E-state index contributed by atoms with van der Waals surface area (Å²) in [6.45, 7) is 7.03. The minimum absolute atomic E-state index is 0.569. The number of hydrogen-bond donors (Lipinski definition) is 1. The van der Waals surface area contributed by atoms with Crippen LogP contribution >= 0.6 is 0 Å². The first-order valence-corrected chi connectivity index (χ1v) is 7.09. The normalized spacial score (nSPS) is 14.1. The highest BCUT2D eigenvalue weighted by atomic mass is 15.1. The predicted molar refractivity (Wildman–Crippen MR) is 79.8 cm³/mol. The molecule has 0 aromatic heterocycles. The molecule has 1 N–H and O–H groups in total. The SMILES string of the molecule is CCCNC(C#N)(CCN(C)CC)c1ccccc1. The lowest BCUT2D eigenvalue weighted by Crippen LogP contribution is -2.44. The maximum atomic E-state index is 9.71. The molecule has 0 aliphatic rings. The number of benzene rings is 1. The topological polar surface area (TPSA) is 39.1 Å². The second-order valence-electron chi connectivity index (χ2n) is 4.96. The number of hydrogen-bond acceptors (Lipinski definition) is 3. The summed E-state index contributed by atoms with van der Waals surface area (Å²) < 4.78 is 0. The Morgan fingerprint density at radius 3 is 2.47 bits per heavy atom. The lowest BCUT2D eigenvalue weighted by Gasteiger charge is -2.30. The monoisotopic (exact) mass is 259 g/mol. The molecule has 1 aromatic carbocycles. The standard InChI is InChI=1S/C16H25N3/c1-4-12-18-16(14-17,11-13-19(3)5-2)15-9-7-6-8-10-15/h6-10,18H,4-5,11-13H2,1-3H3. The van der Waals surface area contributed by atoms with E-state index in [1.807, 2.05) is 30.3 Å². The first-order valence-electron chi connectivity index (χ1n) is 7.09. The van der Waals surface area contributed by atoms with Crippen LogP contribution in [0.2, 0.25) is 0 Å². The highest BCUT2D eigenvalue weighted by Crippen LogP contribution is 2.24. The smallest absolute Gasteiger partial charge is 0.133 e. The Morgan fingerprint density at radius 2 is 1.95 bits per heavy atom. The van der Waals surface area contributed by atoms with Gasteiger partial charge < -0.3 is 4.90 Å². The van der Waals surface area contributed by atoms with Gasteiger partial charge in [0.05, 0.1) is 6.07 Å². The molecule has 0 heterocycles. The van der Waals surface area contributed by atoms with Gasteiger partial charge >= 0.3 is 0 Å². The largest absolute Gasteiger partial charge is 0.307 e. The van der Waals surface area contributed by atoms with Crippen molar-refractivity contribution in [3.8, 4) is 6.07 Å². The van der Waals surface area contributed by atoms with Crippen LogP contribution in [0.3, 0.4) is 0 Å². The second-order valence-corrected chi connectivity index (χ2v) is 4.96. The van der Waals surface area contributed by atoms with Crippen LogP contribution in [0, 0.1) is 11.3 Å². The van der Waals surface area contributed by atoms with Gasteiger partial charge in [-0.15, -0.1) is 0 Å². The van der Waals surface area contributed by atoms with E-state index in [0.717, 1.165) is 38.0 Å². The van der Waals surface area contributed by atoms with Crippen molar-refractivity contribution in [1.82, 2.24) is 10.2 Å². The summed E-state index contributed by atoms with van der Waals surface area (Å²) in [7, 11) is 2.09. The van der Waals surface area contributed by atoms with Gasteiger partial charge in [-0.2, -0.15) is 5.26 Å². The van der Waals surface area contributed by atoms with Gasteiger partial charge in [0.2, 0.25) is 0 Å². The number of rotatable bonds is 8. The molecule has 0 aliphatic carbocycles. The zero-order valence-corrected chi connectivity index (χ0v) is 12.3. The van der Waals surface area contributed by atoms with Crippen LogP contribution in [0.15, 0.2) is 30.3 Å². The Morgan fingerprint density at radius 1 is 1.26 bits per heavy atom. The third-order valence-corrected chi connectivity index (χ3v) is 3.54. The van der Waals surface area contributed by atoms with Crippen molar-refractivity contribution in [2.75, 3.05) is 26.7 Å². The van der Waals surface area contributed by atoms with Gasteiger partial charge in [0.15, 0.2) is 0 Å². The maximum Gasteiger partial charge on any atom is 0.133 e. The summed E-state index contributed by atoms with van der Waals surface area (Å²) in [5.74, 6) is 0. The lowest BCUT2D eigenvalue weighted by atomic mass is 9.87. The Balaban J connectivity index is 2.92. The molecule has 0 fully saturated rings. The van der Waals surface area contributed by atoms with Crippen LogP contribution in [0.1, 0.15) is 32.3 Å². The quantitative estimate of drug-likeness (QED) is 0.780. The molecule has 3 heteroatoms. The Hall–Kier alpha value is -1.37. The summed E-state index contributed by atoms with van der Waals surface area (Å²) in [5, 5.41) is 13.2. The molecule has 0 bridgehead atoms. The zero-order valence-electron chi connectivity index (χ0n) is 12.3. The molecule has 1 rings (SSSR count). The molecule has 1 aromatic rings. The van der Waals surface area contributed by atoms with Crippen LogP contribution in [0.5, 0.6) is 0 Å². The molecule has 104 valence electrons. The van der Waals surface area contributed by atoms with Crippen molar-refractivity contribution in [1.29, 1.82) is 5.26 Å². The van der Waals surface area contributed by atoms with Gasteiger partial charge in [0, 0.05) is 6.54 Å². The molecular weight excluding hydrogens is 234 g/mol. The second kappa shape index (κ2) is 7.93. The molecule has 1 unspecified atom stereocenters. The molecule has 0 saturated heterocycles. The minimum Gasteiger partial charge on any atom is -0.307 e. The molecule has 0 saturated carbocycles. The van der Waals surface area contributed by atoms with E-state index < -0.39 is 5.54 Å². The van der Waals surface area contributed by atoms with Crippen molar-refractivity contribution >= 4 is 0 Å². The van der Waals surface area contributed by atoms with Crippen LogP contribution in [0.4, 0.5) is 0 Å². The van der Waals surface area contributed by atoms with Crippen molar-refractivity contribution in [2.45, 2.75) is 32.2 Å². The number of nitrogens with zero attached hydrogens (tertiary/aromatic N) is 2. The van der Waals surface area contributed by atoms with E-state index in [1.165, 1.54) is 0 Å². The summed E-state index contributed by atoms with van der Waals surface area (Å²) in [6.07, 6.45) is 1.83. The minimum atomic E-state index is -0.569.